The van der Waals surface area contributed by atoms with Crippen molar-refractivity contribution in [3.05, 3.63) is 107 Å². The van der Waals surface area contributed by atoms with Crippen molar-refractivity contribution in [2.24, 2.45) is 0 Å². The number of rotatable bonds is 10. The normalized spacial score (nSPS) is 16.1. The molecule has 188 valence electrons. The topological polar surface area (TPSA) is 75.3 Å². The Kier molecular flexibility index (Phi) is 9.34. The van der Waals surface area contributed by atoms with Gasteiger partial charge in [0.2, 0.25) is 0 Å². The number of hydrogen-bond donors (Lipinski definition) is 0. The Balaban J connectivity index is 1.55. The number of likely N-dealkylation sites (N-methyl/N-ethyl adjacent to an activating group) is 1. The van der Waals surface area contributed by atoms with E-state index in [0.717, 1.165) is 0 Å². The molecule has 0 saturated heterocycles. The van der Waals surface area contributed by atoms with Crippen molar-refractivity contribution in [1.29, 1.82) is 5.26 Å². The van der Waals surface area contributed by atoms with Crippen molar-refractivity contribution in [1.82, 2.24) is 9.47 Å². The Labute approximate surface area is 215 Å². The number of carbonyl (C=O) groups excluding carboxylic acids is 2. The number of ether oxygens (including phenoxy) is 1. The van der Waals surface area contributed by atoms with Gasteiger partial charge in [0.1, 0.15) is 6.61 Å². The van der Waals surface area contributed by atoms with E-state index in [2.05, 4.69) is 6.58 Å². The fourth-order valence-corrected chi connectivity index (χ4v) is 3.50. The first-order valence-electron chi connectivity index (χ1n) is 11.7. The standard InChI is InChI=1S/C30H28FN3O3/c1-4-23(18-29-22(2)14-16-34(29)21-32)8-11-26(35)19-27(36)12-9-24-10-13-30(28(31)17-24)37-20-25-7-5-6-15-33(25)3/h4-18,25H,2,19-20H2,1,3H3/b11-8+,12-9+,23-4-,29-18+. The van der Waals surface area contributed by atoms with Gasteiger partial charge < -0.3 is 9.64 Å². The van der Waals surface area contributed by atoms with Gasteiger partial charge in [0, 0.05) is 13.2 Å². The van der Waals surface area contributed by atoms with Crippen molar-refractivity contribution in [2.45, 2.75) is 19.4 Å². The van der Waals surface area contributed by atoms with Crippen LogP contribution in [0.4, 0.5) is 4.39 Å². The molecule has 6 nitrogen and oxygen atoms in total. The molecule has 0 saturated carbocycles. The molecule has 37 heavy (non-hydrogen) atoms. The molecule has 2 aromatic rings. The number of nitriles is 1. The number of nitrogens with zero attached hydrogens (tertiary/aromatic N) is 3. The minimum atomic E-state index is -0.533. The molecule has 0 fully saturated rings. The van der Waals surface area contributed by atoms with Crippen LogP contribution in [0.1, 0.15) is 18.9 Å². The van der Waals surface area contributed by atoms with Gasteiger partial charge in [0.15, 0.2) is 29.3 Å². The Morgan fingerprint density at radius 1 is 1.19 bits per heavy atom. The maximum absolute atomic E-state index is 14.5. The molecule has 0 aliphatic carbocycles. The lowest BCUT2D eigenvalue weighted by Crippen LogP contribution is -2.32. The minimum absolute atomic E-state index is 0.0140. The van der Waals surface area contributed by atoms with E-state index in [1.54, 1.807) is 43.5 Å². The highest BCUT2D eigenvalue weighted by atomic mass is 19.1. The smallest absolute Gasteiger partial charge is 0.188 e. The van der Waals surface area contributed by atoms with E-state index in [4.69, 9.17) is 4.74 Å². The summed E-state index contributed by atoms with van der Waals surface area (Å²) in [5, 5.41) is 10.5. The third kappa shape index (κ3) is 7.64. The average molecular weight is 498 g/mol. The van der Waals surface area contributed by atoms with Crippen molar-refractivity contribution < 1.29 is 18.7 Å². The van der Waals surface area contributed by atoms with Crippen molar-refractivity contribution >= 4 is 30.3 Å². The predicted octanol–water partition coefficient (Wildman–Crippen LogP) is 3.65. The summed E-state index contributed by atoms with van der Waals surface area (Å²) in [6, 6.07) is 6.18. The third-order valence-corrected chi connectivity index (χ3v) is 5.68. The van der Waals surface area contributed by atoms with E-state index in [0.29, 0.717) is 28.3 Å². The van der Waals surface area contributed by atoms with Gasteiger partial charge in [-0.2, -0.15) is 5.26 Å². The summed E-state index contributed by atoms with van der Waals surface area (Å²) in [5.41, 5.74) is 1.17. The van der Waals surface area contributed by atoms with Crippen LogP contribution in [0.25, 0.3) is 18.7 Å². The van der Waals surface area contributed by atoms with E-state index < -0.39 is 11.6 Å². The molecule has 7 heteroatoms. The molecule has 2 heterocycles. The molecule has 1 aromatic carbocycles. The molecule has 3 rings (SSSR count). The van der Waals surface area contributed by atoms with Crippen LogP contribution < -0.4 is 15.3 Å². The van der Waals surface area contributed by atoms with Crippen LogP contribution in [-0.4, -0.2) is 40.7 Å². The zero-order chi connectivity index (χ0) is 26.8. The number of hydrogen-bond acceptors (Lipinski definition) is 5. The average Bonchev–Trinajstić information content (AvgIpc) is 3.24. The summed E-state index contributed by atoms with van der Waals surface area (Å²) in [6.45, 7) is 5.99. The fraction of sp³-hybridized carbons (Fsp3) is 0.167. The summed E-state index contributed by atoms with van der Waals surface area (Å²) in [6.07, 6.45) is 20.2. The van der Waals surface area contributed by atoms with Gasteiger partial charge in [-0.25, -0.2) is 4.39 Å². The van der Waals surface area contributed by atoms with Gasteiger partial charge in [0.05, 0.1) is 17.8 Å². The molecule has 0 spiro atoms. The Morgan fingerprint density at radius 3 is 2.68 bits per heavy atom. The molecule has 0 N–H and O–H groups in total. The van der Waals surface area contributed by atoms with Gasteiger partial charge in [-0.3, -0.25) is 14.2 Å². The minimum Gasteiger partial charge on any atom is -0.488 e. The number of halogens is 1. The second-order valence-corrected chi connectivity index (χ2v) is 8.37. The summed E-state index contributed by atoms with van der Waals surface area (Å²) < 4.78 is 21.5. The van der Waals surface area contributed by atoms with Crippen molar-refractivity contribution in [3.8, 4) is 11.9 Å². The van der Waals surface area contributed by atoms with Gasteiger partial charge in [-0.15, -0.1) is 0 Å². The zero-order valence-electron chi connectivity index (χ0n) is 20.8. The highest BCUT2D eigenvalue weighted by Gasteiger charge is 2.13. The van der Waals surface area contributed by atoms with E-state index in [9.17, 15) is 19.2 Å². The lowest BCUT2D eigenvalue weighted by Gasteiger charge is -2.26. The number of benzene rings is 1. The van der Waals surface area contributed by atoms with E-state index in [-0.39, 0.29) is 24.0 Å². The van der Waals surface area contributed by atoms with Gasteiger partial charge in [-0.05, 0) is 72.0 Å². The second-order valence-electron chi connectivity index (χ2n) is 8.37. The van der Waals surface area contributed by atoms with E-state index in [1.807, 2.05) is 42.6 Å². The number of ketones is 2. The molecular formula is C30H28FN3O3. The molecule has 1 aliphatic heterocycles. The zero-order valence-corrected chi connectivity index (χ0v) is 20.8. The highest BCUT2D eigenvalue weighted by Crippen LogP contribution is 2.20. The van der Waals surface area contributed by atoms with Crippen LogP contribution in [0.5, 0.6) is 5.75 Å². The van der Waals surface area contributed by atoms with Crippen LogP contribution >= 0.6 is 0 Å². The monoisotopic (exact) mass is 497 g/mol. The molecule has 1 unspecified atom stereocenters. The highest BCUT2D eigenvalue weighted by molar-refractivity contribution is 6.09. The van der Waals surface area contributed by atoms with Crippen LogP contribution in [0.2, 0.25) is 0 Å². The van der Waals surface area contributed by atoms with Crippen LogP contribution in [-0.2, 0) is 9.59 Å². The Morgan fingerprint density at radius 2 is 1.97 bits per heavy atom. The van der Waals surface area contributed by atoms with Gasteiger partial charge in [-0.1, -0.05) is 43.0 Å². The fourth-order valence-electron chi connectivity index (χ4n) is 3.50. The first-order valence-corrected chi connectivity index (χ1v) is 11.7. The number of aromatic nitrogens is 1. The number of allylic oxidation sites excluding steroid dienone is 7. The Hall–Kier alpha value is -4.70. The molecular weight excluding hydrogens is 469 g/mol. The SMILES string of the molecule is C=c1ccn(C#N)/c1=C/C(=C\C)/C=C/C(=O)CC(=O)/C=C/c1ccc(OCC2C=CC=CN2C)c(F)c1. The molecule has 0 amide bonds. The van der Waals surface area contributed by atoms with Gasteiger partial charge in [0.25, 0.3) is 0 Å². The molecule has 1 aromatic heterocycles. The lowest BCUT2D eigenvalue weighted by molar-refractivity contribution is -0.121. The van der Waals surface area contributed by atoms with E-state index >= 15 is 0 Å². The summed E-state index contributed by atoms with van der Waals surface area (Å²) >= 11 is 0. The molecule has 1 aliphatic rings. The molecule has 1 atom stereocenters. The van der Waals surface area contributed by atoms with Crippen molar-refractivity contribution in [3.63, 3.8) is 0 Å². The first kappa shape index (κ1) is 26.9. The summed E-state index contributed by atoms with van der Waals surface area (Å²) in [5.74, 6) is -1.18. The van der Waals surface area contributed by atoms with E-state index in [1.165, 1.54) is 34.9 Å². The van der Waals surface area contributed by atoms with Crippen LogP contribution in [0, 0.1) is 17.3 Å². The molecule has 0 radical (unpaired) electrons. The maximum atomic E-state index is 14.5. The van der Waals surface area contributed by atoms with Crippen molar-refractivity contribution in [2.75, 3.05) is 13.7 Å². The Bertz CT molecular complexity index is 1470. The number of carbonyl (C=O) groups is 2. The van der Waals surface area contributed by atoms with Gasteiger partial charge >= 0.3 is 0 Å². The van der Waals surface area contributed by atoms with Crippen LogP contribution in [0.3, 0.4) is 0 Å². The maximum Gasteiger partial charge on any atom is 0.188 e. The van der Waals surface area contributed by atoms with Crippen LogP contribution in [0.15, 0.2) is 84.8 Å². The molecule has 0 bridgehead atoms. The predicted molar refractivity (Wildman–Crippen MR) is 143 cm³/mol. The summed E-state index contributed by atoms with van der Waals surface area (Å²) in [4.78, 5) is 26.5. The summed E-state index contributed by atoms with van der Waals surface area (Å²) in [7, 11) is 1.92. The lowest BCUT2D eigenvalue weighted by atomic mass is 10.1. The largest absolute Gasteiger partial charge is 0.488 e. The second kappa shape index (κ2) is 12.8. The third-order valence-electron chi connectivity index (χ3n) is 5.68. The quantitative estimate of drug-likeness (QED) is 0.285. The first-order chi connectivity index (χ1) is 17.8.